The molecule has 0 atom stereocenters. The molecule has 0 bridgehead atoms. The lowest BCUT2D eigenvalue weighted by Crippen LogP contribution is -2.00. The molecule has 0 radical (unpaired) electrons. The lowest BCUT2D eigenvalue weighted by atomic mass is 9.89. The van der Waals surface area contributed by atoms with Crippen LogP contribution in [0.15, 0.2) is 229 Å². The number of furan rings is 1. The van der Waals surface area contributed by atoms with E-state index in [1.165, 1.54) is 0 Å². The molecule has 0 aliphatic carbocycles. The lowest BCUT2D eigenvalue weighted by molar-refractivity contribution is 0.670. The standard InChI is InChI=1S/C57H37N3O/c1-7-19-38(20-8-1)44-33-45(39-21-9-2-10-22-39)35-47(34-44)48-31-32-49(57-59-55(42-27-15-5-16-28-42)58-56(60-57)43-29-17-6-18-30-43)54-52(48)51-37-46(40-23-11-3-12-24-40)36-50(53(51)61-54)41-25-13-4-14-26-41/h1-37H. The maximum absolute atomic E-state index is 7.30. The predicted molar refractivity (Wildman–Crippen MR) is 251 cm³/mol. The van der Waals surface area contributed by atoms with Crippen molar-refractivity contribution in [2.75, 3.05) is 0 Å². The zero-order chi connectivity index (χ0) is 40.5. The Labute approximate surface area is 354 Å². The zero-order valence-electron chi connectivity index (χ0n) is 33.1. The Morgan fingerprint density at radius 2 is 0.623 bits per heavy atom. The van der Waals surface area contributed by atoms with E-state index in [1.54, 1.807) is 0 Å². The first-order chi connectivity index (χ1) is 30.2. The van der Waals surface area contributed by atoms with Crippen molar-refractivity contribution in [2.24, 2.45) is 0 Å². The van der Waals surface area contributed by atoms with E-state index < -0.39 is 0 Å². The number of rotatable bonds is 8. The topological polar surface area (TPSA) is 51.8 Å². The molecule has 0 aliphatic rings. The van der Waals surface area contributed by atoms with Gasteiger partial charge in [-0.25, -0.2) is 15.0 Å². The van der Waals surface area contributed by atoms with Gasteiger partial charge in [-0.2, -0.15) is 0 Å². The van der Waals surface area contributed by atoms with Crippen LogP contribution in [0, 0.1) is 0 Å². The molecule has 9 aromatic carbocycles. The van der Waals surface area contributed by atoms with Gasteiger partial charge in [-0.1, -0.05) is 188 Å². The van der Waals surface area contributed by atoms with E-state index in [9.17, 15) is 0 Å². The minimum atomic E-state index is 0.538. The van der Waals surface area contributed by atoms with Crippen molar-refractivity contribution in [3.63, 3.8) is 0 Å². The van der Waals surface area contributed by atoms with E-state index in [2.05, 4.69) is 164 Å². The van der Waals surface area contributed by atoms with Crippen LogP contribution in [0.4, 0.5) is 0 Å². The fourth-order valence-electron chi connectivity index (χ4n) is 8.34. The molecular weight excluding hydrogens is 743 g/mol. The van der Waals surface area contributed by atoms with Crippen LogP contribution in [-0.4, -0.2) is 15.0 Å². The van der Waals surface area contributed by atoms with Gasteiger partial charge in [-0.15, -0.1) is 0 Å². The fourth-order valence-corrected chi connectivity index (χ4v) is 8.34. The summed E-state index contributed by atoms with van der Waals surface area (Å²) in [4.78, 5) is 15.4. The third-order valence-corrected chi connectivity index (χ3v) is 11.3. The Morgan fingerprint density at radius 3 is 1.10 bits per heavy atom. The largest absolute Gasteiger partial charge is 0.455 e. The van der Waals surface area contributed by atoms with Crippen LogP contribution >= 0.6 is 0 Å². The highest BCUT2D eigenvalue weighted by molar-refractivity contribution is 6.19. The van der Waals surface area contributed by atoms with Crippen LogP contribution in [0.1, 0.15) is 0 Å². The van der Waals surface area contributed by atoms with Crippen LogP contribution in [0.5, 0.6) is 0 Å². The van der Waals surface area contributed by atoms with Crippen LogP contribution in [0.3, 0.4) is 0 Å². The highest BCUT2D eigenvalue weighted by atomic mass is 16.3. The molecule has 4 heteroatoms. The number of aromatic nitrogens is 3. The lowest BCUT2D eigenvalue weighted by Gasteiger charge is -2.14. The quantitative estimate of drug-likeness (QED) is 0.154. The van der Waals surface area contributed by atoms with E-state index in [0.717, 1.165) is 88.7 Å². The third kappa shape index (κ3) is 6.86. The highest BCUT2D eigenvalue weighted by Crippen LogP contribution is 2.47. The Kier molecular flexibility index (Phi) is 9.14. The third-order valence-electron chi connectivity index (χ3n) is 11.3. The SMILES string of the molecule is c1ccc(-c2cc(-c3ccccc3)cc(-c3ccc(-c4nc(-c5ccccc5)nc(-c5ccccc5)n4)c4oc5c(-c6ccccc6)cc(-c6ccccc6)cc5c34)c2)cc1. The second kappa shape index (κ2) is 15.5. The molecule has 2 heterocycles. The van der Waals surface area contributed by atoms with Gasteiger partial charge in [0, 0.05) is 27.5 Å². The second-order valence-corrected chi connectivity index (χ2v) is 15.2. The normalized spacial score (nSPS) is 11.3. The van der Waals surface area contributed by atoms with Crippen molar-refractivity contribution in [3.05, 3.63) is 224 Å². The summed E-state index contributed by atoms with van der Waals surface area (Å²) >= 11 is 0. The number of hydrogen-bond acceptors (Lipinski definition) is 4. The Morgan fingerprint density at radius 1 is 0.246 bits per heavy atom. The molecule has 0 aliphatic heterocycles. The van der Waals surface area contributed by atoms with E-state index in [4.69, 9.17) is 19.4 Å². The first kappa shape index (κ1) is 35.9. The smallest absolute Gasteiger partial charge is 0.167 e. The monoisotopic (exact) mass is 779 g/mol. The van der Waals surface area contributed by atoms with E-state index in [0.29, 0.717) is 23.1 Å². The van der Waals surface area contributed by atoms with E-state index in [1.807, 2.05) is 60.7 Å². The molecule has 0 spiro atoms. The minimum absolute atomic E-state index is 0.538. The van der Waals surface area contributed by atoms with E-state index in [-0.39, 0.29) is 0 Å². The Hall–Kier alpha value is -8.21. The van der Waals surface area contributed by atoms with Gasteiger partial charge in [0.2, 0.25) is 0 Å². The van der Waals surface area contributed by atoms with Crippen LogP contribution in [0.2, 0.25) is 0 Å². The van der Waals surface area contributed by atoms with Crippen LogP contribution in [0.25, 0.3) is 112 Å². The van der Waals surface area contributed by atoms with Gasteiger partial charge in [0.15, 0.2) is 17.5 Å². The van der Waals surface area contributed by atoms with Gasteiger partial charge in [0.05, 0.1) is 5.56 Å². The van der Waals surface area contributed by atoms with Gasteiger partial charge in [0.25, 0.3) is 0 Å². The maximum Gasteiger partial charge on any atom is 0.167 e. The molecular formula is C57H37N3O. The molecule has 11 rings (SSSR count). The molecule has 4 nitrogen and oxygen atoms in total. The molecule has 0 saturated carbocycles. The summed E-state index contributed by atoms with van der Waals surface area (Å²) in [5.41, 5.74) is 15.1. The fraction of sp³-hybridized carbons (Fsp3) is 0. The van der Waals surface area contributed by atoms with Crippen molar-refractivity contribution in [2.45, 2.75) is 0 Å². The van der Waals surface area contributed by atoms with Gasteiger partial charge in [-0.3, -0.25) is 0 Å². The summed E-state index contributed by atoms with van der Waals surface area (Å²) in [6, 6.07) is 78.3. The van der Waals surface area contributed by atoms with Crippen molar-refractivity contribution < 1.29 is 4.42 Å². The summed E-state index contributed by atoms with van der Waals surface area (Å²) in [5.74, 6) is 1.73. The minimum Gasteiger partial charge on any atom is -0.455 e. The van der Waals surface area contributed by atoms with Crippen LogP contribution in [-0.2, 0) is 0 Å². The van der Waals surface area contributed by atoms with E-state index >= 15 is 0 Å². The molecule has 0 unspecified atom stereocenters. The number of hydrogen-bond donors (Lipinski definition) is 0. The van der Waals surface area contributed by atoms with Crippen molar-refractivity contribution in [1.29, 1.82) is 0 Å². The van der Waals surface area contributed by atoms with Gasteiger partial charge >= 0.3 is 0 Å². The molecule has 0 amide bonds. The molecule has 0 N–H and O–H groups in total. The van der Waals surface area contributed by atoms with Gasteiger partial charge in [0.1, 0.15) is 11.2 Å². The van der Waals surface area contributed by atoms with Gasteiger partial charge < -0.3 is 4.42 Å². The average Bonchev–Trinajstić information content (AvgIpc) is 3.74. The average molecular weight is 780 g/mol. The Bertz CT molecular complexity index is 3200. The second-order valence-electron chi connectivity index (χ2n) is 15.2. The number of nitrogens with zero attached hydrogens (tertiary/aromatic N) is 3. The first-order valence-electron chi connectivity index (χ1n) is 20.5. The summed E-state index contributed by atoms with van der Waals surface area (Å²) < 4.78 is 7.30. The number of fused-ring (bicyclic) bond motifs is 3. The zero-order valence-corrected chi connectivity index (χ0v) is 33.1. The summed E-state index contributed by atoms with van der Waals surface area (Å²) in [6.45, 7) is 0. The van der Waals surface area contributed by atoms with Gasteiger partial charge in [-0.05, 0) is 86.5 Å². The Balaban J connectivity index is 1.25. The molecule has 61 heavy (non-hydrogen) atoms. The summed E-state index contributed by atoms with van der Waals surface area (Å²) in [7, 11) is 0. The molecule has 0 saturated heterocycles. The predicted octanol–water partition coefficient (Wildman–Crippen LogP) is 15.1. The maximum atomic E-state index is 7.30. The molecule has 0 fully saturated rings. The highest BCUT2D eigenvalue weighted by Gasteiger charge is 2.24. The molecule has 286 valence electrons. The number of benzene rings is 9. The van der Waals surface area contributed by atoms with Crippen molar-refractivity contribution in [1.82, 2.24) is 15.0 Å². The molecule has 2 aromatic heterocycles. The van der Waals surface area contributed by atoms with Crippen LogP contribution < -0.4 is 0 Å². The molecule has 11 aromatic rings. The van der Waals surface area contributed by atoms with Crippen molar-refractivity contribution >= 4 is 21.9 Å². The summed E-state index contributed by atoms with van der Waals surface area (Å²) in [6.07, 6.45) is 0. The summed E-state index contributed by atoms with van der Waals surface area (Å²) in [5, 5.41) is 2.01. The van der Waals surface area contributed by atoms with Crippen molar-refractivity contribution in [3.8, 4) is 89.8 Å². The first-order valence-corrected chi connectivity index (χ1v) is 20.5.